The highest BCUT2D eigenvalue weighted by Crippen LogP contribution is 2.19. The van der Waals surface area contributed by atoms with Gasteiger partial charge in [0.05, 0.1) is 0 Å². The predicted octanol–water partition coefficient (Wildman–Crippen LogP) is 10.9. The van der Waals surface area contributed by atoms with Crippen LogP contribution in [0.4, 0.5) is 0 Å². The minimum Gasteiger partial charge on any atom is -0.384 e. The maximum atomic E-state index is 5.21. The SMILES string of the molecule is CCCCCCCCCCCCCC(C)CCCCCCCCCCCC(C)COC. The van der Waals surface area contributed by atoms with Crippen LogP contribution in [0.2, 0.25) is 0 Å². The topological polar surface area (TPSA) is 9.23 Å². The summed E-state index contributed by atoms with van der Waals surface area (Å²) in [6.07, 6.45) is 33.4. The number of rotatable bonds is 26. The van der Waals surface area contributed by atoms with Gasteiger partial charge in [-0.05, 0) is 18.3 Å². The maximum Gasteiger partial charge on any atom is 0.0487 e. The van der Waals surface area contributed by atoms with E-state index in [4.69, 9.17) is 4.74 Å². The molecule has 0 aliphatic rings. The van der Waals surface area contributed by atoms with Crippen LogP contribution in [0.3, 0.4) is 0 Å². The van der Waals surface area contributed by atoms with Gasteiger partial charge in [-0.3, -0.25) is 0 Å². The molecule has 188 valence electrons. The minimum atomic E-state index is 0.738. The van der Waals surface area contributed by atoms with Crippen molar-refractivity contribution in [1.82, 2.24) is 0 Å². The minimum absolute atomic E-state index is 0.738. The average Bonchev–Trinajstić information content (AvgIpc) is 2.76. The third-order valence-corrected chi connectivity index (χ3v) is 7.15. The lowest BCUT2D eigenvalue weighted by Gasteiger charge is -2.11. The van der Waals surface area contributed by atoms with Gasteiger partial charge in [-0.25, -0.2) is 0 Å². The summed E-state index contributed by atoms with van der Waals surface area (Å²) >= 11 is 0. The molecule has 2 atom stereocenters. The molecule has 0 amide bonds. The highest BCUT2D eigenvalue weighted by atomic mass is 16.5. The number of hydrogen-bond donors (Lipinski definition) is 0. The van der Waals surface area contributed by atoms with Crippen molar-refractivity contribution in [3.63, 3.8) is 0 Å². The van der Waals surface area contributed by atoms with Gasteiger partial charge in [0.25, 0.3) is 0 Å². The van der Waals surface area contributed by atoms with Crippen LogP contribution in [-0.2, 0) is 4.74 Å². The fourth-order valence-corrected chi connectivity index (χ4v) is 4.89. The van der Waals surface area contributed by atoms with E-state index in [9.17, 15) is 0 Å². The summed E-state index contributed by atoms with van der Waals surface area (Å²) in [6.45, 7) is 8.03. The first-order valence-electron chi connectivity index (χ1n) is 14.7. The lowest BCUT2D eigenvalue weighted by Crippen LogP contribution is -2.02. The zero-order valence-corrected chi connectivity index (χ0v) is 22.5. The molecule has 0 aromatic carbocycles. The van der Waals surface area contributed by atoms with Gasteiger partial charge in [0.2, 0.25) is 0 Å². The molecular weight excluding hydrogens is 376 g/mol. The molecule has 0 rings (SSSR count). The van der Waals surface area contributed by atoms with Gasteiger partial charge in [0.15, 0.2) is 0 Å². The summed E-state index contributed by atoms with van der Waals surface area (Å²) in [7, 11) is 1.82. The Balaban J connectivity index is 3.17. The number of hydrogen-bond acceptors (Lipinski definition) is 1. The van der Waals surface area contributed by atoms with Crippen LogP contribution in [0.1, 0.15) is 168 Å². The molecule has 0 radical (unpaired) electrons. The quantitative estimate of drug-likeness (QED) is 0.122. The molecule has 0 heterocycles. The van der Waals surface area contributed by atoms with E-state index >= 15 is 0 Å². The molecule has 0 fully saturated rings. The Kier molecular flexibility index (Phi) is 26.2. The summed E-state index contributed by atoms with van der Waals surface area (Å²) in [4.78, 5) is 0. The molecule has 0 N–H and O–H groups in total. The summed E-state index contributed by atoms with van der Waals surface area (Å²) in [6, 6.07) is 0. The zero-order valence-electron chi connectivity index (χ0n) is 22.5. The predicted molar refractivity (Wildman–Crippen MR) is 142 cm³/mol. The van der Waals surface area contributed by atoms with Crippen molar-refractivity contribution in [2.45, 2.75) is 168 Å². The summed E-state index contributed by atoms with van der Waals surface area (Å²) in [5.74, 6) is 1.70. The molecule has 0 aromatic rings. The lowest BCUT2D eigenvalue weighted by molar-refractivity contribution is 0.154. The van der Waals surface area contributed by atoms with Crippen molar-refractivity contribution in [3.8, 4) is 0 Å². The van der Waals surface area contributed by atoms with Crippen LogP contribution in [0.25, 0.3) is 0 Å². The first kappa shape index (κ1) is 31.0. The zero-order chi connectivity index (χ0) is 22.8. The van der Waals surface area contributed by atoms with Crippen LogP contribution < -0.4 is 0 Å². The molecular formula is C30H62O. The first-order chi connectivity index (χ1) is 15.2. The Morgan fingerprint density at radius 3 is 1.03 bits per heavy atom. The van der Waals surface area contributed by atoms with E-state index in [1.807, 2.05) is 7.11 Å². The van der Waals surface area contributed by atoms with Gasteiger partial charge in [-0.2, -0.15) is 0 Å². The maximum absolute atomic E-state index is 5.21. The number of ether oxygens (including phenoxy) is 1. The highest BCUT2D eigenvalue weighted by molar-refractivity contribution is 4.57. The normalized spacial score (nSPS) is 13.5. The fraction of sp³-hybridized carbons (Fsp3) is 1.00. The second kappa shape index (κ2) is 26.2. The molecule has 0 aliphatic heterocycles. The third kappa shape index (κ3) is 26.1. The standard InChI is InChI=1S/C30H62O/c1-5-6-7-8-9-10-11-13-16-19-22-25-29(2)26-23-20-17-14-12-15-18-21-24-27-30(3)28-31-4/h29-30H,5-28H2,1-4H3. The molecule has 0 spiro atoms. The molecule has 0 saturated heterocycles. The van der Waals surface area contributed by atoms with E-state index in [1.165, 1.54) is 148 Å². The number of unbranched alkanes of at least 4 members (excludes halogenated alkanes) is 18. The van der Waals surface area contributed by atoms with Crippen LogP contribution in [-0.4, -0.2) is 13.7 Å². The molecule has 0 aliphatic carbocycles. The molecule has 0 saturated carbocycles. The van der Waals surface area contributed by atoms with E-state index < -0.39 is 0 Å². The smallest absolute Gasteiger partial charge is 0.0487 e. The fourth-order valence-electron chi connectivity index (χ4n) is 4.89. The Bertz CT molecular complexity index is 314. The van der Waals surface area contributed by atoms with E-state index in [1.54, 1.807) is 0 Å². The summed E-state index contributed by atoms with van der Waals surface area (Å²) < 4.78 is 5.21. The Morgan fingerprint density at radius 2 is 0.710 bits per heavy atom. The van der Waals surface area contributed by atoms with Gasteiger partial charge in [0, 0.05) is 13.7 Å². The van der Waals surface area contributed by atoms with Gasteiger partial charge < -0.3 is 4.74 Å². The highest BCUT2D eigenvalue weighted by Gasteiger charge is 2.03. The molecule has 1 heteroatoms. The van der Waals surface area contributed by atoms with E-state index in [0.717, 1.165) is 18.4 Å². The van der Waals surface area contributed by atoms with Crippen molar-refractivity contribution in [1.29, 1.82) is 0 Å². The van der Waals surface area contributed by atoms with E-state index in [-0.39, 0.29) is 0 Å². The molecule has 1 nitrogen and oxygen atoms in total. The van der Waals surface area contributed by atoms with E-state index in [0.29, 0.717) is 0 Å². The van der Waals surface area contributed by atoms with Gasteiger partial charge in [-0.15, -0.1) is 0 Å². The van der Waals surface area contributed by atoms with Crippen LogP contribution in [0.5, 0.6) is 0 Å². The lowest BCUT2D eigenvalue weighted by atomic mass is 9.95. The van der Waals surface area contributed by atoms with Crippen molar-refractivity contribution in [2.75, 3.05) is 13.7 Å². The van der Waals surface area contributed by atoms with Crippen molar-refractivity contribution >= 4 is 0 Å². The van der Waals surface area contributed by atoms with Crippen molar-refractivity contribution in [2.24, 2.45) is 11.8 Å². The summed E-state index contributed by atoms with van der Waals surface area (Å²) in [5.41, 5.74) is 0. The van der Waals surface area contributed by atoms with Gasteiger partial charge in [0.1, 0.15) is 0 Å². The van der Waals surface area contributed by atoms with Crippen LogP contribution in [0, 0.1) is 11.8 Å². The largest absolute Gasteiger partial charge is 0.384 e. The average molecular weight is 439 g/mol. The molecule has 2 unspecified atom stereocenters. The summed E-state index contributed by atoms with van der Waals surface area (Å²) in [5, 5.41) is 0. The second-order valence-corrected chi connectivity index (χ2v) is 10.7. The van der Waals surface area contributed by atoms with E-state index in [2.05, 4.69) is 20.8 Å². The molecule has 0 bridgehead atoms. The number of methoxy groups -OCH3 is 1. The van der Waals surface area contributed by atoms with Gasteiger partial charge >= 0.3 is 0 Å². The Morgan fingerprint density at radius 1 is 0.419 bits per heavy atom. The van der Waals surface area contributed by atoms with Crippen LogP contribution in [0.15, 0.2) is 0 Å². The van der Waals surface area contributed by atoms with Crippen LogP contribution >= 0.6 is 0 Å². The molecule has 31 heavy (non-hydrogen) atoms. The molecule has 0 aromatic heterocycles. The first-order valence-corrected chi connectivity index (χ1v) is 14.7. The Labute approximate surface area is 198 Å². The Hall–Kier alpha value is -0.0400. The van der Waals surface area contributed by atoms with Crippen molar-refractivity contribution in [3.05, 3.63) is 0 Å². The third-order valence-electron chi connectivity index (χ3n) is 7.15. The monoisotopic (exact) mass is 438 g/mol. The van der Waals surface area contributed by atoms with Crippen molar-refractivity contribution < 1.29 is 4.74 Å². The second-order valence-electron chi connectivity index (χ2n) is 10.7. The van der Waals surface area contributed by atoms with Gasteiger partial charge in [-0.1, -0.05) is 162 Å².